The monoisotopic (exact) mass is 535 g/mol. The molecule has 0 saturated heterocycles. The van der Waals surface area contributed by atoms with Crippen LogP contribution in [0.2, 0.25) is 0 Å². The Morgan fingerprint density at radius 2 is 1.85 bits per heavy atom. The molecule has 0 spiro atoms. The predicted molar refractivity (Wildman–Crippen MR) is 152 cm³/mol. The van der Waals surface area contributed by atoms with Gasteiger partial charge in [-0.3, -0.25) is 4.79 Å². The van der Waals surface area contributed by atoms with E-state index in [-0.39, 0.29) is 30.5 Å². The molecule has 3 aromatic rings. The summed E-state index contributed by atoms with van der Waals surface area (Å²) in [5.74, 6) is -0.0346. The van der Waals surface area contributed by atoms with Crippen LogP contribution in [-0.2, 0) is 23.1 Å². The number of rotatable bonds is 6. The second kappa shape index (κ2) is 12.2. The van der Waals surface area contributed by atoms with Crippen LogP contribution in [0.1, 0.15) is 43.7 Å². The molecule has 0 radical (unpaired) electrons. The maximum Gasteiger partial charge on any atom is 0.409 e. The van der Waals surface area contributed by atoms with Gasteiger partial charge in [-0.25, -0.2) is 4.79 Å². The highest BCUT2D eigenvalue weighted by molar-refractivity contribution is 6.10. The molecule has 1 aromatic heterocycles. The molecular weight excluding hydrogens is 494 g/mol. The van der Waals surface area contributed by atoms with Crippen LogP contribution < -0.4 is 0 Å². The molecule has 0 unspecified atom stereocenters. The number of nitrogens with zero attached hydrogens (tertiary/aromatic N) is 3. The number of carbonyl (C=O) groups is 2. The number of benzene rings is 2. The fraction of sp³-hybridized carbons (Fsp3) is 0.484. The maximum absolute atomic E-state index is 14.4. The van der Waals surface area contributed by atoms with Crippen molar-refractivity contribution in [2.75, 3.05) is 33.4 Å². The topological polar surface area (TPSA) is 84.2 Å². The molecule has 0 fully saturated rings. The van der Waals surface area contributed by atoms with Gasteiger partial charge in [0.2, 0.25) is 0 Å². The lowest BCUT2D eigenvalue weighted by Crippen LogP contribution is -2.48. The number of hydrogen-bond donors (Lipinski definition) is 1. The molecule has 1 N–H and O–H groups in total. The number of aliphatic hydroxyl groups is 1. The molecule has 8 nitrogen and oxygen atoms in total. The summed E-state index contributed by atoms with van der Waals surface area (Å²) < 4.78 is 13.9. The Balaban J connectivity index is 1.80. The van der Waals surface area contributed by atoms with Crippen LogP contribution in [-0.4, -0.2) is 77.0 Å². The van der Waals surface area contributed by atoms with Gasteiger partial charge < -0.3 is 28.9 Å². The van der Waals surface area contributed by atoms with Crippen molar-refractivity contribution < 1.29 is 24.2 Å². The van der Waals surface area contributed by atoms with Crippen molar-refractivity contribution in [3.05, 3.63) is 59.8 Å². The zero-order chi connectivity index (χ0) is 28.3. The number of aromatic nitrogens is 1. The van der Waals surface area contributed by atoms with E-state index in [1.54, 1.807) is 16.8 Å². The molecule has 39 heavy (non-hydrogen) atoms. The summed E-state index contributed by atoms with van der Waals surface area (Å²) >= 11 is 0. The van der Waals surface area contributed by atoms with E-state index in [4.69, 9.17) is 9.47 Å². The van der Waals surface area contributed by atoms with E-state index >= 15 is 0 Å². The minimum atomic E-state index is -0.406. The average Bonchev–Trinajstić information content (AvgIpc) is 3.22. The molecule has 1 aliphatic rings. The minimum Gasteiger partial charge on any atom is -0.449 e. The van der Waals surface area contributed by atoms with Crippen molar-refractivity contribution in [2.24, 2.45) is 18.9 Å². The van der Waals surface area contributed by atoms with Gasteiger partial charge in [-0.1, -0.05) is 63.2 Å². The van der Waals surface area contributed by atoms with Crippen LogP contribution in [0.5, 0.6) is 0 Å². The highest BCUT2D eigenvalue weighted by Crippen LogP contribution is 2.38. The third-order valence-corrected chi connectivity index (χ3v) is 7.53. The average molecular weight is 536 g/mol. The zero-order valence-electron chi connectivity index (χ0n) is 23.9. The maximum atomic E-state index is 14.4. The molecule has 3 atom stereocenters. The third-order valence-electron chi connectivity index (χ3n) is 7.53. The first-order valence-electron chi connectivity index (χ1n) is 13.7. The van der Waals surface area contributed by atoms with Crippen molar-refractivity contribution in [3.8, 4) is 11.1 Å². The van der Waals surface area contributed by atoms with E-state index in [9.17, 15) is 14.7 Å². The van der Waals surface area contributed by atoms with Crippen molar-refractivity contribution in [1.82, 2.24) is 14.4 Å². The number of para-hydroxylation sites is 1. The predicted octanol–water partition coefficient (Wildman–Crippen LogP) is 4.93. The first kappa shape index (κ1) is 28.6. The van der Waals surface area contributed by atoms with Crippen molar-refractivity contribution in [2.45, 2.75) is 46.4 Å². The van der Waals surface area contributed by atoms with Gasteiger partial charge in [-0.15, -0.1) is 0 Å². The van der Waals surface area contributed by atoms with E-state index in [0.717, 1.165) is 27.6 Å². The summed E-state index contributed by atoms with van der Waals surface area (Å²) in [5.41, 5.74) is 4.32. The smallest absolute Gasteiger partial charge is 0.409 e. The second-order valence-electron chi connectivity index (χ2n) is 11.1. The van der Waals surface area contributed by atoms with E-state index in [0.29, 0.717) is 32.0 Å². The Kier molecular flexibility index (Phi) is 8.97. The van der Waals surface area contributed by atoms with Crippen LogP contribution in [0, 0.1) is 11.8 Å². The first-order valence-corrected chi connectivity index (χ1v) is 13.7. The SMILES string of the molecule is CC(C)COC(=O)N(C)C[C@@H]1OCc2ccccc2-c2c(n(C)c3ccccc23)C(=O)N([C@H](C)CO)C[C@@H]1C. The van der Waals surface area contributed by atoms with E-state index < -0.39 is 12.1 Å². The van der Waals surface area contributed by atoms with Crippen molar-refractivity contribution in [3.63, 3.8) is 0 Å². The van der Waals surface area contributed by atoms with Crippen molar-refractivity contribution in [1.29, 1.82) is 0 Å². The number of carbonyl (C=O) groups excluding carboxylic acids is 2. The summed E-state index contributed by atoms with van der Waals surface area (Å²) in [6.45, 7) is 9.04. The number of aryl methyl sites for hydroxylation is 1. The Hall–Kier alpha value is -3.36. The van der Waals surface area contributed by atoms with E-state index in [1.807, 2.05) is 87.8 Å². The third kappa shape index (κ3) is 5.97. The number of aliphatic hydroxyl groups excluding tert-OH is 1. The van der Waals surface area contributed by atoms with E-state index in [2.05, 4.69) is 0 Å². The fourth-order valence-corrected chi connectivity index (χ4v) is 5.22. The highest BCUT2D eigenvalue weighted by atomic mass is 16.6. The van der Waals surface area contributed by atoms with Gasteiger partial charge >= 0.3 is 6.09 Å². The van der Waals surface area contributed by atoms with E-state index in [1.165, 1.54) is 0 Å². The second-order valence-corrected chi connectivity index (χ2v) is 11.1. The number of amides is 2. The van der Waals surface area contributed by atoms with Crippen LogP contribution in [0.4, 0.5) is 4.79 Å². The lowest BCUT2D eigenvalue weighted by molar-refractivity contribution is -0.0235. The van der Waals surface area contributed by atoms with Crippen LogP contribution in [0.25, 0.3) is 22.0 Å². The molecule has 0 bridgehead atoms. The molecule has 4 rings (SSSR count). The largest absolute Gasteiger partial charge is 0.449 e. The fourth-order valence-electron chi connectivity index (χ4n) is 5.22. The Bertz CT molecular complexity index is 1320. The van der Waals surface area contributed by atoms with Gasteiger partial charge in [0.25, 0.3) is 5.91 Å². The molecule has 2 amide bonds. The van der Waals surface area contributed by atoms with Gasteiger partial charge in [-0.05, 0) is 30.0 Å². The molecule has 8 heteroatoms. The minimum absolute atomic E-state index is 0.133. The molecule has 2 heterocycles. The molecule has 0 aliphatic carbocycles. The Morgan fingerprint density at radius 3 is 2.56 bits per heavy atom. The van der Waals surface area contributed by atoms with Gasteiger partial charge in [0, 0.05) is 43.0 Å². The first-order chi connectivity index (χ1) is 18.6. The molecule has 2 aromatic carbocycles. The normalized spacial score (nSPS) is 18.9. The number of fused-ring (bicyclic) bond motifs is 5. The van der Waals surface area contributed by atoms with Crippen LogP contribution in [0.3, 0.4) is 0 Å². The summed E-state index contributed by atoms with van der Waals surface area (Å²) in [6.07, 6.45) is -0.765. The van der Waals surface area contributed by atoms with Gasteiger partial charge in [0.1, 0.15) is 5.69 Å². The quantitative estimate of drug-likeness (QED) is 0.484. The molecule has 1 aliphatic heterocycles. The van der Waals surface area contributed by atoms with Crippen molar-refractivity contribution >= 4 is 22.9 Å². The lowest BCUT2D eigenvalue weighted by Gasteiger charge is -2.35. The zero-order valence-corrected chi connectivity index (χ0v) is 23.9. The number of ether oxygens (including phenoxy) is 2. The van der Waals surface area contributed by atoms with Crippen LogP contribution in [0.15, 0.2) is 48.5 Å². The summed E-state index contributed by atoms with van der Waals surface area (Å²) in [5, 5.41) is 11.1. The highest BCUT2D eigenvalue weighted by Gasteiger charge is 2.34. The standard InChI is InChI=1S/C31H41N3O5/c1-20(2)18-39-31(37)32(5)16-27-21(3)15-34(22(4)17-35)30(36)29-28(24-12-8-7-11-23(24)19-38-27)25-13-9-10-14-26(25)33(29)6/h7-14,20-22,27,35H,15-19H2,1-6H3/t21-,22+,27-/m0/s1. The lowest BCUT2D eigenvalue weighted by atomic mass is 9.96. The molecule has 0 saturated carbocycles. The van der Waals surface area contributed by atoms with Gasteiger partial charge in [0.05, 0.1) is 38.5 Å². The number of hydrogen-bond acceptors (Lipinski definition) is 5. The molecular formula is C31H41N3O5. The summed E-state index contributed by atoms with van der Waals surface area (Å²) in [6, 6.07) is 15.6. The summed E-state index contributed by atoms with van der Waals surface area (Å²) in [4.78, 5) is 30.3. The summed E-state index contributed by atoms with van der Waals surface area (Å²) in [7, 11) is 3.63. The van der Waals surface area contributed by atoms with Gasteiger partial charge in [-0.2, -0.15) is 0 Å². The van der Waals surface area contributed by atoms with Crippen LogP contribution >= 0.6 is 0 Å². The Labute approximate surface area is 231 Å². The Morgan fingerprint density at radius 1 is 1.15 bits per heavy atom. The van der Waals surface area contributed by atoms with Gasteiger partial charge in [0.15, 0.2) is 0 Å². The number of likely N-dealkylation sites (N-methyl/N-ethyl adjacent to an activating group) is 1. The molecule has 210 valence electrons.